The van der Waals surface area contributed by atoms with E-state index in [-0.39, 0.29) is 0 Å². The van der Waals surface area contributed by atoms with Crippen LogP contribution in [-0.2, 0) is 9.47 Å². The van der Waals surface area contributed by atoms with Gasteiger partial charge in [0.15, 0.2) is 5.96 Å². The van der Waals surface area contributed by atoms with E-state index >= 15 is 0 Å². The van der Waals surface area contributed by atoms with E-state index in [0.717, 1.165) is 58.1 Å². The van der Waals surface area contributed by atoms with Crippen LogP contribution in [0.2, 0.25) is 0 Å². The first-order chi connectivity index (χ1) is 12.8. The summed E-state index contributed by atoms with van der Waals surface area (Å²) >= 11 is 0. The molecule has 0 radical (unpaired) electrons. The minimum atomic E-state index is 0.295. The number of benzene rings is 1. The van der Waals surface area contributed by atoms with Crippen LogP contribution in [0.1, 0.15) is 18.4 Å². The molecule has 0 amide bonds. The average molecular weight is 361 g/mol. The number of hydrogen-bond donors (Lipinski definition) is 1. The molecule has 2 fully saturated rings. The summed E-state index contributed by atoms with van der Waals surface area (Å²) in [7, 11) is 1.85. The molecular weight excluding hydrogens is 328 g/mol. The molecule has 1 unspecified atom stereocenters. The summed E-state index contributed by atoms with van der Waals surface area (Å²) in [4.78, 5) is 9.20. The lowest BCUT2D eigenvalue weighted by atomic mass is 10.2. The predicted molar refractivity (Wildman–Crippen MR) is 106 cm³/mol. The summed E-state index contributed by atoms with van der Waals surface area (Å²) in [5.74, 6) is 0.967. The minimum absolute atomic E-state index is 0.295. The summed E-state index contributed by atoms with van der Waals surface area (Å²) in [5.41, 5.74) is 2.63. The van der Waals surface area contributed by atoms with Crippen LogP contribution >= 0.6 is 0 Å². The van der Waals surface area contributed by atoms with E-state index in [9.17, 15) is 0 Å². The third-order valence-corrected chi connectivity index (χ3v) is 5.02. The predicted octanol–water partition coefficient (Wildman–Crippen LogP) is 1.89. The number of hydrogen-bond acceptors (Lipinski definition) is 4. The summed E-state index contributed by atoms with van der Waals surface area (Å²) < 4.78 is 11.3. The Bertz CT molecular complexity index is 579. The zero-order valence-electron chi connectivity index (χ0n) is 16.1. The number of nitrogens with zero attached hydrogens (tertiary/aromatic N) is 3. The van der Waals surface area contributed by atoms with Crippen molar-refractivity contribution in [3.63, 3.8) is 0 Å². The van der Waals surface area contributed by atoms with Gasteiger partial charge < -0.3 is 24.6 Å². The molecule has 2 saturated heterocycles. The van der Waals surface area contributed by atoms with Crippen molar-refractivity contribution < 1.29 is 9.47 Å². The Morgan fingerprint density at radius 2 is 2.15 bits per heavy atom. The molecule has 6 heteroatoms. The van der Waals surface area contributed by atoms with Gasteiger partial charge in [-0.1, -0.05) is 12.1 Å². The van der Waals surface area contributed by atoms with Crippen molar-refractivity contribution in [1.82, 2.24) is 10.2 Å². The van der Waals surface area contributed by atoms with Crippen LogP contribution < -0.4 is 10.2 Å². The van der Waals surface area contributed by atoms with Gasteiger partial charge in [0, 0.05) is 52.1 Å². The van der Waals surface area contributed by atoms with Gasteiger partial charge in [-0.05, 0) is 37.5 Å². The second kappa shape index (κ2) is 9.78. The summed E-state index contributed by atoms with van der Waals surface area (Å²) in [6.45, 7) is 9.17. The first kappa shape index (κ1) is 19.0. The smallest absolute Gasteiger partial charge is 0.193 e. The number of guanidine groups is 1. The topological polar surface area (TPSA) is 49.3 Å². The number of rotatable bonds is 6. The molecule has 1 N–H and O–H groups in total. The monoisotopic (exact) mass is 360 g/mol. The van der Waals surface area contributed by atoms with Crippen LogP contribution in [0.25, 0.3) is 0 Å². The fourth-order valence-corrected chi connectivity index (χ4v) is 3.56. The molecule has 0 aliphatic carbocycles. The SMILES string of the molecule is CN=C(NCCOCC1CCCO1)N1CCN(c2cccc(C)c2)CC1. The van der Waals surface area contributed by atoms with Gasteiger partial charge in [-0.2, -0.15) is 0 Å². The second-order valence-corrected chi connectivity index (χ2v) is 7.00. The molecule has 6 nitrogen and oxygen atoms in total. The largest absolute Gasteiger partial charge is 0.377 e. The van der Waals surface area contributed by atoms with Gasteiger partial charge in [0.05, 0.1) is 19.3 Å². The maximum atomic E-state index is 5.72. The fourth-order valence-electron chi connectivity index (χ4n) is 3.56. The normalized spacial score (nSPS) is 21.3. The molecule has 2 aliphatic rings. The third kappa shape index (κ3) is 5.35. The molecule has 3 rings (SSSR count). The highest BCUT2D eigenvalue weighted by atomic mass is 16.5. The van der Waals surface area contributed by atoms with E-state index in [1.54, 1.807) is 0 Å². The Labute approximate surface area is 157 Å². The molecule has 0 spiro atoms. The summed E-state index contributed by atoms with van der Waals surface area (Å²) in [6, 6.07) is 8.73. The zero-order chi connectivity index (χ0) is 18.2. The quantitative estimate of drug-likeness (QED) is 0.477. The van der Waals surface area contributed by atoms with E-state index in [4.69, 9.17) is 9.47 Å². The van der Waals surface area contributed by atoms with Crippen LogP contribution in [-0.4, -0.2) is 76.6 Å². The van der Waals surface area contributed by atoms with Gasteiger partial charge in [-0.15, -0.1) is 0 Å². The zero-order valence-corrected chi connectivity index (χ0v) is 16.1. The van der Waals surface area contributed by atoms with Gasteiger partial charge in [0.1, 0.15) is 0 Å². The van der Waals surface area contributed by atoms with E-state index in [1.165, 1.54) is 11.3 Å². The van der Waals surface area contributed by atoms with Crippen LogP contribution in [0.3, 0.4) is 0 Å². The molecule has 0 bridgehead atoms. The second-order valence-electron chi connectivity index (χ2n) is 7.00. The van der Waals surface area contributed by atoms with Crippen molar-refractivity contribution in [2.75, 3.05) is 64.5 Å². The number of aliphatic imine (C=N–C) groups is 1. The number of aryl methyl sites for hydroxylation is 1. The molecular formula is C20H32N4O2. The number of ether oxygens (including phenoxy) is 2. The highest BCUT2D eigenvalue weighted by Crippen LogP contribution is 2.17. The molecule has 1 atom stereocenters. The third-order valence-electron chi connectivity index (χ3n) is 5.02. The molecule has 2 aliphatic heterocycles. The van der Waals surface area contributed by atoms with Crippen molar-refractivity contribution in [2.24, 2.45) is 4.99 Å². The minimum Gasteiger partial charge on any atom is -0.377 e. The van der Waals surface area contributed by atoms with Crippen LogP contribution in [0.5, 0.6) is 0 Å². The molecule has 2 heterocycles. The lowest BCUT2D eigenvalue weighted by Gasteiger charge is -2.37. The lowest BCUT2D eigenvalue weighted by Crippen LogP contribution is -2.53. The maximum Gasteiger partial charge on any atom is 0.193 e. The fraction of sp³-hybridized carbons (Fsp3) is 0.650. The lowest BCUT2D eigenvalue weighted by molar-refractivity contribution is 0.0190. The van der Waals surface area contributed by atoms with E-state index < -0.39 is 0 Å². The Morgan fingerprint density at radius 1 is 1.31 bits per heavy atom. The number of anilines is 1. The van der Waals surface area contributed by atoms with Crippen molar-refractivity contribution in [2.45, 2.75) is 25.9 Å². The maximum absolute atomic E-state index is 5.72. The Balaban J connectivity index is 1.36. The van der Waals surface area contributed by atoms with Crippen LogP contribution in [0, 0.1) is 6.92 Å². The highest BCUT2D eigenvalue weighted by molar-refractivity contribution is 5.80. The van der Waals surface area contributed by atoms with E-state index in [1.807, 2.05) is 7.05 Å². The van der Waals surface area contributed by atoms with Crippen molar-refractivity contribution in [3.8, 4) is 0 Å². The molecule has 0 saturated carbocycles. The van der Waals surface area contributed by atoms with Crippen LogP contribution in [0.4, 0.5) is 5.69 Å². The molecule has 1 aromatic carbocycles. The van der Waals surface area contributed by atoms with Gasteiger partial charge in [-0.3, -0.25) is 4.99 Å². The highest BCUT2D eigenvalue weighted by Gasteiger charge is 2.20. The molecule has 144 valence electrons. The number of piperazine rings is 1. The summed E-state index contributed by atoms with van der Waals surface area (Å²) in [5, 5.41) is 3.42. The van der Waals surface area contributed by atoms with Crippen molar-refractivity contribution in [1.29, 1.82) is 0 Å². The molecule has 26 heavy (non-hydrogen) atoms. The van der Waals surface area contributed by atoms with Crippen molar-refractivity contribution >= 4 is 11.6 Å². The Kier molecular flexibility index (Phi) is 7.14. The summed E-state index contributed by atoms with van der Waals surface area (Å²) in [6.07, 6.45) is 2.58. The van der Waals surface area contributed by atoms with Crippen LogP contribution in [0.15, 0.2) is 29.3 Å². The number of nitrogens with one attached hydrogen (secondary N) is 1. The first-order valence-electron chi connectivity index (χ1n) is 9.73. The van der Waals surface area contributed by atoms with Crippen molar-refractivity contribution in [3.05, 3.63) is 29.8 Å². The van der Waals surface area contributed by atoms with E-state index in [2.05, 4.69) is 51.3 Å². The van der Waals surface area contributed by atoms with E-state index in [0.29, 0.717) is 19.3 Å². The van der Waals surface area contributed by atoms with Gasteiger partial charge in [-0.25, -0.2) is 0 Å². The van der Waals surface area contributed by atoms with Gasteiger partial charge >= 0.3 is 0 Å². The average Bonchev–Trinajstić information content (AvgIpc) is 3.18. The first-order valence-corrected chi connectivity index (χ1v) is 9.73. The molecule has 0 aromatic heterocycles. The van der Waals surface area contributed by atoms with Gasteiger partial charge in [0.2, 0.25) is 0 Å². The molecule has 1 aromatic rings. The van der Waals surface area contributed by atoms with Gasteiger partial charge in [0.25, 0.3) is 0 Å². The Morgan fingerprint density at radius 3 is 2.85 bits per heavy atom. The Hall–Kier alpha value is -1.79. The standard InChI is InChI=1S/C20H32N4O2/c1-17-5-3-6-18(15-17)23-9-11-24(12-10-23)20(21-2)22-8-14-25-16-19-7-4-13-26-19/h3,5-6,15,19H,4,7-14,16H2,1-2H3,(H,21,22).